The number of aromatic nitrogens is 1. The van der Waals surface area contributed by atoms with Gasteiger partial charge in [0.1, 0.15) is 11.4 Å². The minimum absolute atomic E-state index is 0.103. The molecule has 92 valence electrons. The summed E-state index contributed by atoms with van der Waals surface area (Å²) in [5, 5.41) is 2.75. The highest BCUT2D eigenvalue weighted by atomic mass is 16.2. The summed E-state index contributed by atoms with van der Waals surface area (Å²) in [6.45, 7) is 2.72. The lowest BCUT2D eigenvalue weighted by molar-refractivity contribution is 0.0947. The van der Waals surface area contributed by atoms with E-state index < -0.39 is 5.91 Å². The number of nitrogens with one attached hydrogen (secondary N) is 1. The molecule has 1 aromatic heterocycles. The molecule has 2 amide bonds. The molecule has 5 nitrogen and oxygen atoms in total. The van der Waals surface area contributed by atoms with Gasteiger partial charge in [-0.1, -0.05) is 25.8 Å². The van der Waals surface area contributed by atoms with Crippen molar-refractivity contribution in [2.75, 3.05) is 6.54 Å². The highest BCUT2D eigenvalue weighted by Gasteiger charge is 2.09. The molecule has 0 bridgehead atoms. The Morgan fingerprint density at radius 3 is 2.65 bits per heavy atom. The van der Waals surface area contributed by atoms with Gasteiger partial charge in [-0.2, -0.15) is 0 Å². The van der Waals surface area contributed by atoms with E-state index in [1.54, 1.807) is 12.1 Å². The number of primary amides is 1. The van der Waals surface area contributed by atoms with Gasteiger partial charge < -0.3 is 11.1 Å². The van der Waals surface area contributed by atoms with E-state index in [4.69, 9.17) is 5.73 Å². The van der Waals surface area contributed by atoms with Gasteiger partial charge in [-0.25, -0.2) is 4.98 Å². The maximum Gasteiger partial charge on any atom is 0.269 e. The fraction of sp³-hybridized carbons (Fsp3) is 0.417. The van der Waals surface area contributed by atoms with E-state index in [1.807, 2.05) is 0 Å². The molecule has 0 saturated heterocycles. The van der Waals surface area contributed by atoms with Crippen molar-refractivity contribution in [3.63, 3.8) is 0 Å². The van der Waals surface area contributed by atoms with Gasteiger partial charge in [0.2, 0.25) is 0 Å². The van der Waals surface area contributed by atoms with Crippen LogP contribution in [0.25, 0.3) is 0 Å². The van der Waals surface area contributed by atoms with Gasteiger partial charge in [0.05, 0.1) is 0 Å². The van der Waals surface area contributed by atoms with Crippen molar-refractivity contribution < 1.29 is 9.59 Å². The van der Waals surface area contributed by atoms with Crippen molar-refractivity contribution in [3.05, 3.63) is 29.6 Å². The third-order valence-corrected chi connectivity index (χ3v) is 2.30. The highest BCUT2D eigenvalue weighted by molar-refractivity contribution is 5.95. The highest BCUT2D eigenvalue weighted by Crippen LogP contribution is 1.99. The zero-order valence-corrected chi connectivity index (χ0v) is 9.90. The molecule has 0 saturated carbocycles. The first kappa shape index (κ1) is 13.2. The van der Waals surface area contributed by atoms with Crippen LogP contribution < -0.4 is 11.1 Å². The zero-order valence-electron chi connectivity index (χ0n) is 9.90. The van der Waals surface area contributed by atoms with Crippen LogP contribution in [-0.4, -0.2) is 23.3 Å². The first-order valence-corrected chi connectivity index (χ1v) is 5.70. The Balaban J connectivity index is 2.56. The number of hydrogen-bond acceptors (Lipinski definition) is 3. The number of carbonyl (C=O) groups is 2. The summed E-state index contributed by atoms with van der Waals surface area (Å²) < 4.78 is 0. The lowest BCUT2D eigenvalue weighted by atomic mass is 10.2. The molecule has 3 N–H and O–H groups in total. The minimum Gasteiger partial charge on any atom is -0.364 e. The first-order chi connectivity index (χ1) is 8.15. The summed E-state index contributed by atoms with van der Waals surface area (Å²) in [5.74, 6) is -0.908. The average molecular weight is 235 g/mol. The second-order valence-electron chi connectivity index (χ2n) is 3.74. The number of unbranched alkanes of at least 4 members (excludes halogenated alkanes) is 2. The van der Waals surface area contributed by atoms with Crippen LogP contribution >= 0.6 is 0 Å². The van der Waals surface area contributed by atoms with Crippen molar-refractivity contribution in [2.24, 2.45) is 5.73 Å². The number of nitrogens with zero attached hydrogens (tertiary/aromatic N) is 1. The van der Waals surface area contributed by atoms with Crippen LogP contribution in [0.5, 0.6) is 0 Å². The number of hydrogen-bond donors (Lipinski definition) is 2. The molecule has 0 spiro atoms. The summed E-state index contributed by atoms with van der Waals surface area (Å²) in [6.07, 6.45) is 3.12. The summed E-state index contributed by atoms with van der Waals surface area (Å²) in [4.78, 5) is 26.4. The van der Waals surface area contributed by atoms with E-state index in [-0.39, 0.29) is 17.3 Å². The van der Waals surface area contributed by atoms with E-state index in [2.05, 4.69) is 17.2 Å². The molecule has 0 aliphatic heterocycles. The number of pyridine rings is 1. The van der Waals surface area contributed by atoms with Crippen LogP contribution in [0.15, 0.2) is 18.2 Å². The quantitative estimate of drug-likeness (QED) is 0.724. The predicted molar refractivity (Wildman–Crippen MR) is 64.6 cm³/mol. The molecule has 0 aromatic carbocycles. The summed E-state index contributed by atoms with van der Waals surface area (Å²) in [7, 11) is 0. The summed E-state index contributed by atoms with van der Waals surface area (Å²) in [6, 6.07) is 4.63. The normalized spacial score (nSPS) is 9.94. The Hall–Kier alpha value is -1.91. The maximum atomic E-state index is 11.7. The van der Waals surface area contributed by atoms with Crippen molar-refractivity contribution in [2.45, 2.75) is 26.2 Å². The van der Waals surface area contributed by atoms with Crippen molar-refractivity contribution >= 4 is 11.8 Å². The fourth-order valence-electron chi connectivity index (χ4n) is 1.37. The minimum atomic E-state index is -0.634. The molecule has 1 heterocycles. The Labute approximate surface area is 100 Å². The Morgan fingerprint density at radius 1 is 1.29 bits per heavy atom. The van der Waals surface area contributed by atoms with Crippen LogP contribution in [0, 0.1) is 0 Å². The molecule has 0 fully saturated rings. The predicted octanol–water partition coefficient (Wildman–Crippen LogP) is 1.10. The number of carbonyl (C=O) groups excluding carboxylic acids is 2. The van der Waals surface area contributed by atoms with Crippen molar-refractivity contribution in [3.8, 4) is 0 Å². The molecule has 5 heteroatoms. The molecular weight excluding hydrogens is 218 g/mol. The van der Waals surface area contributed by atoms with Crippen LogP contribution in [0.1, 0.15) is 47.2 Å². The number of amides is 2. The van der Waals surface area contributed by atoms with Gasteiger partial charge in [0, 0.05) is 6.54 Å². The van der Waals surface area contributed by atoms with Crippen molar-refractivity contribution in [1.29, 1.82) is 0 Å². The molecule has 1 rings (SSSR count). The van der Waals surface area contributed by atoms with Crippen LogP contribution in [-0.2, 0) is 0 Å². The SMILES string of the molecule is CCCCCNC(=O)c1cccc(C(N)=O)n1. The molecule has 0 aliphatic carbocycles. The molecular formula is C12H17N3O2. The van der Waals surface area contributed by atoms with Gasteiger partial charge in [0.15, 0.2) is 0 Å². The largest absolute Gasteiger partial charge is 0.364 e. The van der Waals surface area contributed by atoms with Crippen LogP contribution in [0.4, 0.5) is 0 Å². The third-order valence-electron chi connectivity index (χ3n) is 2.30. The van der Waals surface area contributed by atoms with Gasteiger partial charge in [0.25, 0.3) is 11.8 Å². The Bertz CT molecular complexity index is 404. The zero-order chi connectivity index (χ0) is 12.7. The van der Waals surface area contributed by atoms with Crippen LogP contribution in [0.2, 0.25) is 0 Å². The van der Waals surface area contributed by atoms with Gasteiger partial charge in [-0.3, -0.25) is 9.59 Å². The van der Waals surface area contributed by atoms with E-state index in [1.165, 1.54) is 6.07 Å². The number of rotatable bonds is 6. The summed E-state index contributed by atoms with van der Waals surface area (Å²) >= 11 is 0. The second-order valence-corrected chi connectivity index (χ2v) is 3.74. The molecule has 0 radical (unpaired) electrons. The molecule has 1 aromatic rings. The summed E-state index contributed by atoms with van der Waals surface area (Å²) in [5.41, 5.74) is 5.41. The molecule has 0 unspecified atom stereocenters. The van der Waals surface area contributed by atoms with E-state index >= 15 is 0 Å². The first-order valence-electron chi connectivity index (χ1n) is 5.70. The molecule has 0 atom stereocenters. The Kier molecular flexibility index (Phi) is 5.13. The van der Waals surface area contributed by atoms with Gasteiger partial charge in [-0.15, -0.1) is 0 Å². The fourth-order valence-corrected chi connectivity index (χ4v) is 1.37. The number of nitrogens with two attached hydrogens (primary N) is 1. The second kappa shape index (κ2) is 6.62. The molecule has 0 aliphatic rings. The van der Waals surface area contributed by atoms with Gasteiger partial charge >= 0.3 is 0 Å². The standard InChI is InChI=1S/C12H17N3O2/c1-2-3-4-8-14-12(17)10-7-5-6-9(15-10)11(13)16/h5-7H,2-4,8H2,1H3,(H2,13,16)(H,14,17). The Morgan fingerprint density at radius 2 is 2.00 bits per heavy atom. The van der Waals surface area contributed by atoms with E-state index in [0.717, 1.165) is 19.3 Å². The topological polar surface area (TPSA) is 85.1 Å². The lowest BCUT2D eigenvalue weighted by Gasteiger charge is -2.04. The average Bonchev–Trinajstić information content (AvgIpc) is 2.34. The lowest BCUT2D eigenvalue weighted by Crippen LogP contribution is -2.26. The molecule has 17 heavy (non-hydrogen) atoms. The van der Waals surface area contributed by atoms with Crippen molar-refractivity contribution in [1.82, 2.24) is 10.3 Å². The van der Waals surface area contributed by atoms with Gasteiger partial charge in [-0.05, 0) is 18.6 Å². The van der Waals surface area contributed by atoms with Crippen LogP contribution in [0.3, 0.4) is 0 Å². The smallest absolute Gasteiger partial charge is 0.269 e. The monoisotopic (exact) mass is 235 g/mol. The maximum absolute atomic E-state index is 11.7. The van der Waals surface area contributed by atoms with E-state index in [0.29, 0.717) is 6.54 Å². The third kappa shape index (κ3) is 4.22. The van der Waals surface area contributed by atoms with E-state index in [9.17, 15) is 9.59 Å².